The van der Waals surface area contributed by atoms with Gasteiger partial charge in [-0.1, -0.05) is 41.6 Å². The minimum Gasteiger partial charge on any atom is -0.488 e. The molecule has 1 heterocycles. The van der Waals surface area contributed by atoms with Gasteiger partial charge < -0.3 is 19.5 Å². The van der Waals surface area contributed by atoms with Gasteiger partial charge in [0.25, 0.3) is 11.8 Å². The molecule has 0 unspecified atom stereocenters. The summed E-state index contributed by atoms with van der Waals surface area (Å²) in [7, 11) is 3.35. The van der Waals surface area contributed by atoms with Crippen molar-refractivity contribution >= 4 is 22.6 Å². The third-order valence-corrected chi connectivity index (χ3v) is 5.84. The maximum atomic E-state index is 13.5. The highest BCUT2D eigenvalue weighted by atomic mass is 16.5. The molecule has 1 aromatic heterocycles. The van der Waals surface area contributed by atoms with Crippen LogP contribution in [0.4, 0.5) is 0 Å². The van der Waals surface area contributed by atoms with Gasteiger partial charge in [-0.25, -0.2) is 0 Å². The molecule has 0 aliphatic carbocycles. The highest BCUT2D eigenvalue weighted by molar-refractivity contribution is 6.01. The van der Waals surface area contributed by atoms with E-state index in [0.29, 0.717) is 29.2 Å². The second-order valence-electron chi connectivity index (χ2n) is 8.22. The molecule has 0 fully saturated rings. The molecule has 3 aromatic carbocycles. The summed E-state index contributed by atoms with van der Waals surface area (Å²) in [5.74, 6) is 0.899. The highest BCUT2D eigenvalue weighted by Crippen LogP contribution is 2.29. The molecule has 0 aliphatic heterocycles. The van der Waals surface area contributed by atoms with Crippen LogP contribution in [0.15, 0.2) is 65.2 Å². The monoisotopic (exact) mass is 457 g/mol. The number of nitrogens with one attached hydrogen (secondary N) is 1. The Morgan fingerprint density at radius 1 is 1.03 bits per heavy atom. The first kappa shape index (κ1) is 23.0. The van der Waals surface area contributed by atoms with Gasteiger partial charge in [-0.3, -0.25) is 9.59 Å². The topological polar surface area (TPSA) is 84.7 Å². The van der Waals surface area contributed by atoms with E-state index in [1.807, 2.05) is 62.4 Å². The quantitative estimate of drug-likeness (QED) is 0.437. The van der Waals surface area contributed by atoms with Crippen molar-refractivity contribution in [1.82, 2.24) is 15.4 Å². The Bertz CT molecular complexity index is 1320. The SMILES string of the molecule is CNC(=O)c1ccc(CN(C)C(=O)c2cc3ccccc3cc2OCc2c(C)noc2C)cc1. The van der Waals surface area contributed by atoms with E-state index < -0.39 is 0 Å². The molecule has 0 saturated heterocycles. The molecule has 0 spiro atoms. The first-order valence-corrected chi connectivity index (χ1v) is 11.0. The summed E-state index contributed by atoms with van der Waals surface area (Å²) in [5, 5.41) is 8.53. The van der Waals surface area contributed by atoms with Crippen LogP contribution in [0.5, 0.6) is 5.75 Å². The number of rotatable bonds is 7. The molecule has 4 aromatic rings. The second-order valence-corrected chi connectivity index (χ2v) is 8.22. The van der Waals surface area contributed by atoms with Gasteiger partial charge >= 0.3 is 0 Å². The molecule has 0 radical (unpaired) electrons. The minimum absolute atomic E-state index is 0.146. The standard InChI is InChI=1S/C27H27N3O4/c1-17-24(18(2)34-29-17)16-33-25-14-22-8-6-5-7-21(22)13-23(25)27(32)30(4)15-19-9-11-20(12-10-19)26(31)28-3/h5-14H,15-16H2,1-4H3,(H,28,31). The Balaban J connectivity index is 1.60. The summed E-state index contributed by atoms with van der Waals surface area (Å²) in [6.45, 7) is 4.35. The molecule has 0 aliphatic rings. The van der Waals surface area contributed by atoms with E-state index in [-0.39, 0.29) is 18.4 Å². The number of ether oxygens (including phenoxy) is 1. The number of fused-ring (bicyclic) bond motifs is 1. The van der Waals surface area contributed by atoms with E-state index in [1.165, 1.54) is 0 Å². The summed E-state index contributed by atoms with van der Waals surface area (Å²) in [6, 6.07) is 18.8. The molecule has 4 rings (SSSR count). The molecular formula is C27H27N3O4. The number of hydrogen-bond donors (Lipinski definition) is 1. The molecule has 0 saturated carbocycles. The van der Waals surface area contributed by atoms with E-state index in [2.05, 4.69) is 10.5 Å². The van der Waals surface area contributed by atoms with Crippen molar-refractivity contribution in [2.75, 3.05) is 14.1 Å². The number of amides is 2. The summed E-state index contributed by atoms with van der Waals surface area (Å²) in [5.41, 5.74) is 3.61. The van der Waals surface area contributed by atoms with E-state index in [9.17, 15) is 9.59 Å². The van der Waals surface area contributed by atoms with Crippen LogP contribution in [0.2, 0.25) is 0 Å². The van der Waals surface area contributed by atoms with E-state index in [4.69, 9.17) is 9.26 Å². The molecule has 1 N–H and O–H groups in total. The van der Waals surface area contributed by atoms with Crippen LogP contribution < -0.4 is 10.1 Å². The maximum absolute atomic E-state index is 13.5. The summed E-state index contributed by atoms with van der Waals surface area (Å²) in [6.07, 6.45) is 0. The number of carbonyl (C=O) groups excluding carboxylic acids is 2. The van der Waals surface area contributed by atoms with Crippen LogP contribution in [0.3, 0.4) is 0 Å². The molecule has 174 valence electrons. The van der Waals surface area contributed by atoms with Gasteiger partial charge in [0.05, 0.1) is 16.8 Å². The van der Waals surface area contributed by atoms with Crippen LogP contribution in [0, 0.1) is 13.8 Å². The number of aromatic nitrogens is 1. The van der Waals surface area contributed by atoms with Crippen molar-refractivity contribution in [3.8, 4) is 5.75 Å². The smallest absolute Gasteiger partial charge is 0.257 e. The first-order chi connectivity index (χ1) is 16.4. The lowest BCUT2D eigenvalue weighted by atomic mass is 10.0. The Labute approximate surface area is 198 Å². The van der Waals surface area contributed by atoms with Crippen molar-refractivity contribution in [3.63, 3.8) is 0 Å². The molecule has 2 amide bonds. The van der Waals surface area contributed by atoms with Gasteiger partial charge in [0, 0.05) is 26.2 Å². The van der Waals surface area contributed by atoms with Crippen molar-refractivity contribution in [3.05, 3.63) is 94.4 Å². The number of carbonyl (C=O) groups is 2. The van der Waals surface area contributed by atoms with Gasteiger partial charge in [-0.05, 0) is 54.4 Å². The Morgan fingerprint density at radius 2 is 1.71 bits per heavy atom. The summed E-state index contributed by atoms with van der Waals surface area (Å²) >= 11 is 0. The normalized spacial score (nSPS) is 10.8. The van der Waals surface area contributed by atoms with Gasteiger partial charge in [-0.15, -0.1) is 0 Å². The summed E-state index contributed by atoms with van der Waals surface area (Å²) < 4.78 is 11.4. The first-order valence-electron chi connectivity index (χ1n) is 11.0. The van der Waals surface area contributed by atoms with Crippen molar-refractivity contribution in [1.29, 1.82) is 0 Å². The number of aryl methyl sites for hydroxylation is 2. The number of benzene rings is 3. The fourth-order valence-corrected chi connectivity index (χ4v) is 3.82. The number of hydrogen-bond acceptors (Lipinski definition) is 5. The van der Waals surface area contributed by atoms with Crippen molar-refractivity contribution in [2.45, 2.75) is 27.0 Å². The molecular weight excluding hydrogens is 430 g/mol. The van der Waals surface area contributed by atoms with E-state index >= 15 is 0 Å². The van der Waals surface area contributed by atoms with E-state index in [0.717, 1.165) is 27.6 Å². The zero-order valence-corrected chi connectivity index (χ0v) is 19.7. The fourth-order valence-electron chi connectivity index (χ4n) is 3.82. The third kappa shape index (κ3) is 4.78. The molecule has 7 nitrogen and oxygen atoms in total. The zero-order chi connectivity index (χ0) is 24.2. The Hall–Kier alpha value is -4.13. The Morgan fingerprint density at radius 3 is 2.32 bits per heavy atom. The van der Waals surface area contributed by atoms with Gasteiger partial charge in [-0.2, -0.15) is 0 Å². The van der Waals surface area contributed by atoms with Crippen molar-refractivity contribution in [2.24, 2.45) is 0 Å². The molecule has 7 heteroatoms. The molecule has 0 bridgehead atoms. The fraction of sp³-hybridized carbons (Fsp3) is 0.222. The Kier molecular flexibility index (Phi) is 6.63. The van der Waals surface area contributed by atoms with Crippen LogP contribution in [-0.2, 0) is 13.2 Å². The minimum atomic E-state index is -0.158. The van der Waals surface area contributed by atoms with Gasteiger partial charge in [0.15, 0.2) is 0 Å². The molecule has 34 heavy (non-hydrogen) atoms. The van der Waals surface area contributed by atoms with Gasteiger partial charge in [0.1, 0.15) is 18.1 Å². The van der Waals surface area contributed by atoms with Crippen molar-refractivity contribution < 1.29 is 18.8 Å². The lowest BCUT2D eigenvalue weighted by molar-refractivity contribution is 0.0780. The summed E-state index contributed by atoms with van der Waals surface area (Å²) in [4.78, 5) is 26.9. The average Bonchev–Trinajstić information content (AvgIpc) is 3.18. The zero-order valence-electron chi connectivity index (χ0n) is 19.7. The second kappa shape index (κ2) is 9.79. The third-order valence-electron chi connectivity index (χ3n) is 5.84. The van der Waals surface area contributed by atoms with E-state index in [1.54, 1.807) is 31.1 Å². The van der Waals surface area contributed by atoms with Crippen LogP contribution in [0.25, 0.3) is 10.8 Å². The predicted octanol–water partition coefficient (Wildman–Crippen LogP) is 4.66. The van der Waals surface area contributed by atoms with Crippen LogP contribution in [-0.4, -0.2) is 36.0 Å². The lowest BCUT2D eigenvalue weighted by Gasteiger charge is -2.20. The predicted molar refractivity (Wildman–Crippen MR) is 130 cm³/mol. The molecule has 0 atom stereocenters. The van der Waals surface area contributed by atoms with Crippen LogP contribution >= 0.6 is 0 Å². The average molecular weight is 458 g/mol. The number of nitrogens with zero attached hydrogens (tertiary/aromatic N) is 2. The lowest BCUT2D eigenvalue weighted by Crippen LogP contribution is -2.27. The maximum Gasteiger partial charge on any atom is 0.257 e. The van der Waals surface area contributed by atoms with Crippen LogP contribution in [0.1, 0.15) is 43.3 Å². The van der Waals surface area contributed by atoms with Gasteiger partial charge in [0.2, 0.25) is 0 Å². The highest BCUT2D eigenvalue weighted by Gasteiger charge is 2.20. The largest absolute Gasteiger partial charge is 0.488 e.